The Morgan fingerprint density at radius 2 is 1.50 bits per heavy atom. The van der Waals surface area contributed by atoms with Crippen LogP contribution in [0.4, 0.5) is 8.78 Å². The molecule has 5 heteroatoms. The van der Waals surface area contributed by atoms with Gasteiger partial charge in [0.05, 0.1) is 18.2 Å². The molecule has 1 unspecified atom stereocenters. The summed E-state index contributed by atoms with van der Waals surface area (Å²) in [4.78, 5) is 5.83. The topological polar surface area (TPSA) is 21.6 Å². The quantitative estimate of drug-likeness (QED) is 0.264. The third-order valence-corrected chi connectivity index (χ3v) is 7.09. The molecular weight excluding hydrogens is 448 g/mol. The molecule has 172 valence electrons. The molecule has 34 heavy (non-hydrogen) atoms. The van der Waals surface area contributed by atoms with E-state index in [1.54, 1.807) is 11.3 Å². The maximum absolute atomic E-state index is 14.1. The zero-order valence-corrected chi connectivity index (χ0v) is 19.7. The molecule has 0 aliphatic carbocycles. The summed E-state index contributed by atoms with van der Waals surface area (Å²) in [6.45, 7) is 2.84. The molecule has 2 heterocycles. The van der Waals surface area contributed by atoms with Crippen molar-refractivity contribution in [2.24, 2.45) is 4.99 Å². The Morgan fingerprint density at radius 3 is 2.18 bits per heavy atom. The van der Waals surface area contributed by atoms with Crippen molar-refractivity contribution in [3.63, 3.8) is 0 Å². The minimum absolute atomic E-state index is 0.0106. The van der Waals surface area contributed by atoms with Crippen molar-refractivity contribution in [3.8, 4) is 26.6 Å². The second-order valence-electron chi connectivity index (χ2n) is 8.39. The number of aliphatic imine (C=N–C) groups is 1. The average molecular weight is 474 g/mol. The molecule has 5 rings (SSSR count). The maximum Gasteiger partial charge on any atom is 0.174 e. The average Bonchev–Trinajstić information content (AvgIpc) is 3.53. The van der Waals surface area contributed by atoms with Crippen molar-refractivity contribution in [2.75, 3.05) is 6.61 Å². The highest BCUT2D eigenvalue weighted by Gasteiger charge is 2.24. The summed E-state index contributed by atoms with van der Waals surface area (Å²) in [5.74, 6) is -1.10. The third kappa shape index (κ3) is 4.66. The standard InChI is InChI=1S/C29H25F2NOS/c1-2-18-33-28-17-16-27(34-28)22-12-8-20(9-13-22)19-6-10-21(11-7-19)25-14-15-26(32-25)29-23(30)4-3-5-24(29)31/h3-13,16-17,25H,2,14-15,18H2,1H3. The van der Waals surface area contributed by atoms with E-state index in [0.29, 0.717) is 12.1 Å². The van der Waals surface area contributed by atoms with Gasteiger partial charge in [0.1, 0.15) is 11.6 Å². The fourth-order valence-corrected chi connectivity index (χ4v) is 5.16. The molecule has 0 amide bonds. The second-order valence-corrected chi connectivity index (χ2v) is 9.44. The van der Waals surface area contributed by atoms with E-state index in [9.17, 15) is 8.78 Å². The highest BCUT2D eigenvalue weighted by Crippen LogP contribution is 2.36. The van der Waals surface area contributed by atoms with Gasteiger partial charge in [-0.05, 0) is 65.8 Å². The fraction of sp³-hybridized carbons (Fsp3) is 0.207. The van der Waals surface area contributed by atoms with Crippen molar-refractivity contribution in [1.29, 1.82) is 0 Å². The van der Waals surface area contributed by atoms with Gasteiger partial charge < -0.3 is 4.74 Å². The summed E-state index contributed by atoms with van der Waals surface area (Å²) < 4.78 is 34.0. The number of hydrogen-bond acceptors (Lipinski definition) is 3. The first kappa shape index (κ1) is 22.5. The Labute approximate surface area is 202 Å². The van der Waals surface area contributed by atoms with Gasteiger partial charge in [0.15, 0.2) is 5.06 Å². The lowest BCUT2D eigenvalue weighted by atomic mass is 9.98. The van der Waals surface area contributed by atoms with Gasteiger partial charge in [0.2, 0.25) is 0 Å². The van der Waals surface area contributed by atoms with Crippen LogP contribution in [-0.2, 0) is 0 Å². The molecule has 3 aromatic carbocycles. The van der Waals surface area contributed by atoms with Crippen LogP contribution in [0.3, 0.4) is 0 Å². The lowest BCUT2D eigenvalue weighted by Crippen LogP contribution is -2.03. The molecule has 0 fully saturated rings. The van der Waals surface area contributed by atoms with Crippen LogP contribution in [0, 0.1) is 11.6 Å². The third-order valence-electron chi connectivity index (χ3n) is 6.05. The van der Waals surface area contributed by atoms with Crippen LogP contribution in [0.25, 0.3) is 21.6 Å². The van der Waals surface area contributed by atoms with Crippen molar-refractivity contribution in [3.05, 3.63) is 102 Å². The van der Waals surface area contributed by atoms with Gasteiger partial charge in [0, 0.05) is 10.6 Å². The van der Waals surface area contributed by atoms with Gasteiger partial charge in [-0.25, -0.2) is 8.78 Å². The van der Waals surface area contributed by atoms with E-state index >= 15 is 0 Å². The molecular formula is C29H25F2NOS. The van der Waals surface area contributed by atoms with E-state index < -0.39 is 11.6 Å². The van der Waals surface area contributed by atoms with Gasteiger partial charge in [-0.3, -0.25) is 4.99 Å². The Balaban J connectivity index is 1.30. The summed E-state index contributed by atoms with van der Waals surface area (Å²) in [5.41, 5.74) is 5.01. The van der Waals surface area contributed by atoms with Gasteiger partial charge >= 0.3 is 0 Å². The summed E-state index contributed by atoms with van der Waals surface area (Å²) in [7, 11) is 0. The number of halogens is 2. The van der Waals surface area contributed by atoms with Crippen LogP contribution in [-0.4, -0.2) is 12.3 Å². The first-order valence-corrected chi connectivity index (χ1v) is 12.4. The van der Waals surface area contributed by atoms with Crippen LogP contribution in [0.2, 0.25) is 0 Å². The van der Waals surface area contributed by atoms with Crippen molar-refractivity contribution in [1.82, 2.24) is 0 Å². The summed E-state index contributed by atoms with van der Waals surface area (Å²) >= 11 is 1.66. The Morgan fingerprint density at radius 1 is 0.853 bits per heavy atom. The van der Waals surface area contributed by atoms with Gasteiger partial charge in [-0.15, -0.1) is 0 Å². The molecule has 0 N–H and O–H groups in total. The Kier molecular flexibility index (Phi) is 6.54. The summed E-state index contributed by atoms with van der Waals surface area (Å²) in [6, 6.07) is 24.8. The number of hydrogen-bond donors (Lipinski definition) is 0. The van der Waals surface area contributed by atoms with E-state index in [0.717, 1.165) is 41.2 Å². The predicted octanol–water partition coefficient (Wildman–Crippen LogP) is 8.47. The van der Waals surface area contributed by atoms with Crippen LogP contribution in [0.5, 0.6) is 5.06 Å². The van der Waals surface area contributed by atoms with Crippen LogP contribution >= 0.6 is 11.3 Å². The molecule has 1 atom stereocenters. The number of thiophene rings is 1. The van der Waals surface area contributed by atoms with Crippen molar-refractivity contribution in [2.45, 2.75) is 32.2 Å². The predicted molar refractivity (Wildman–Crippen MR) is 136 cm³/mol. The van der Waals surface area contributed by atoms with Gasteiger partial charge in [0.25, 0.3) is 0 Å². The first-order valence-electron chi connectivity index (χ1n) is 11.6. The molecule has 0 saturated carbocycles. The van der Waals surface area contributed by atoms with Crippen LogP contribution in [0.1, 0.15) is 43.4 Å². The van der Waals surface area contributed by atoms with Gasteiger partial charge in [-0.1, -0.05) is 72.9 Å². The fourth-order valence-electron chi connectivity index (χ4n) is 4.28. The first-order chi connectivity index (χ1) is 16.6. The highest BCUT2D eigenvalue weighted by molar-refractivity contribution is 7.17. The van der Waals surface area contributed by atoms with Crippen molar-refractivity contribution >= 4 is 17.0 Å². The molecule has 1 aliphatic rings. The van der Waals surface area contributed by atoms with E-state index in [1.165, 1.54) is 28.6 Å². The number of ether oxygens (including phenoxy) is 1. The lowest BCUT2D eigenvalue weighted by Gasteiger charge is -2.09. The van der Waals surface area contributed by atoms with E-state index in [1.807, 2.05) is 6.07 Å². The van der Waals surface area contributed by atoms with E-state index in [2.05, 4.69) is 66.5 Å². The minimum atomic E-state index is -0.551. The zero-order valence-electron chi connectivity index (χ0n) is 18.9. The maximum atomic E-state index is 14.1. The molecule has 0 bridgehead atoms. The molecule has 0 spiro atoms. The Bertz CT molecular complexity index is 1290. The Hall–Kier alpha value is -3.31. The normalized spacial score (nSPS) is 15.4. The number of rotatable bonds is 7. The van der Waals surface area contributed by atoms with Crippen LogP contribution < -0.4 is 4.74 Å². The smallest absolute Gasteiger partial charge is 0.174 e. The zero-order chi connectivity index (χ0) is 23.5. The number of nitrogens with zero attached hydrogens (tertiary/aromatic N) is 1. The minimum Gasteiger partial charge on any atom is -0.484 e. The van der Waals surface area contributed by atoms with Gasteiger partial charge in [-0.2, -0.15) is 0 Å². The molecule has 2 nitrogen and oxygen atoms in total. The number of benzene rings is 3. The molecule has 0 saturated heterocycles. The summed E-state index contributed by atoms with van der Waals surface area (Å²) in [6.07, 6.45) is 2.32. The van der Waals surface area contributed by atoms with E-state index in [-0.39, 0.29) is 11.6 Å². The van der Waals surface area contributed by atoms with E-state index in [4.69, 9.17) is 4.74 Å². The van der Waals surface area contributed by atoms with Crippen LogP contribution in [0.15, 0.2) is 83.9 Å². The SMILES string of the molecule is CCCOc1ccc(-c2ccc(-c3ccc(C4CCC(c5c(F)cccc5F)=N4)cc3)cc2)s1. The molecule has 1 aromatic heterocycles. The van der Waals surface area contributed by atoms with Crippen molar-refractivity contribution < 1.29 is 13.5 Å². The largest absolute Gasteiger partial charge is 0.484 e. The second kappa shape index (κ2) is 9.90. The monoisotopic (exact) mass is 473 g/mol. The lowest BCUT2D eigenvalue weighted by molar-refractivity contribution is 0.326. The molecule has 1 aliphatic heterocycles. The molecule has 4 aromatic rings. The molecule has 0 radical (unpaired) electrons. The summed E-state index contributed by atoms with van der Waals surface area (Å²) in [5, 5.41) is 0.951. The highest BCUT2D eigenvalue weighted by atomic mass is 32.1.